The topological polar surface area (TPSA) is 0 Å². The lowest BCUT2D eigenvalue weighted by molar-refractivity contribution is -0.140. The number of hydrogen-bond donors (Lipinski definition) is 0. The first-order valence-electron chi connectivity index (χ1n) is 10.9. The van der Waals surface area contributed by atoms with Crippen molar-refractivity contribution < 1.29 is 22.0 Å². The van der Waals surface area contributed by atoms with E-state index in [0.717, 1.165) is 36.5 Å². The molecule has 1 aliphatic carbocycles. The molecule has 0 heterocycles. The number of aryl methyl sites for hydroxylation is 2. The lowest BCUT2D eigenvalue weighted by Gasteiger charge is -2.29. The van der Waals surface area contributed by atoms with Crippen molar-refractivity contribution in [2.24, 2.45) is 5.92 Å². The standard InChI is InChI=1S/C25H29F5/c1-2-3-4-17-5-9-19(10-6-17)21-13-12-20(24(27)16-21)11-7-18-8-14-23(26)22(15-18)25(28,29)30/h8,12-17,19H,2-7,9-11H2,1H3. The van der Waals surface area contributed by atoms with Crippen molar-refractivity contribution >= 4 is 0 Å². The van der Waals surface area contributed by atoms with E-state index in [1.807, 2.05) is 6.07 Å². The molecule has 0 aromatic heterocycles. The molecule has 1 fully saturated rings. The van der Waals surface area contributed by atoms with Crippen LogP contribution in [0.15, 0.2) is 36.4 Å². The Balaban J connectivity index is 1.60. The highest BCUT2D eigenvalue weighted by Gasteiger charge is 2.34. The molecule has 0 atom stereocenters. The van der Waals surface area contributed by atoms with Crippen LogP contribution in [0.25, 0.3) is 0 Å². The highest BCUT2D eigenvalue weighted by atomic mass is 19.4. The van der Waals surface area contributed by atoms with E-state index in [0.29, 0.717) is 17.0 Å². The fraction of sp³-hybridized carbons (Fsp3) is 0.520. The summed E-state index contributed by atoms with van der Waals surface area (Å²) in [6.07, 6.45) is 4.12. The molecule has 0 saturated heterocycles. The first-order chi connectivity index (χ1) is 14.3. The Hall–Kier alpha value is -1.91. The molecule has 30 heavy (non-hydrogen) atoms. The van der Waals surface area contributed by atoms with Crippen molar-refractivity contribution in [3.63, 3.8) is 0 Å². The summed E-state index contributed by atoms with van der Waals surface area (Å²) < 4.78 is 66.7. The molecule has 2 aromatic rings. The predicted molar refractivity (Wildman–Crippen MR) is 109 cm³/mol. The Labute approximate surface area is 175 Å². The van der Waals surface area contributed by atoms with Gasteiger partial charge >= 0.3 is 6.18 Å². The normalized spacial score (nSPS) is 19.8. The number of alkyl halides is 3. The summed E-state index contributed by atoms with van der Waals surface area (Å²) in [5.74, 6) is -0.412. The summed E-state index contributed by atoms with van der Waals surface area (Å²) in [7, 11) is 0. The average molecular weight is 424 g/mol. The van der Waals surface area contributed by atoms with Crippen molar-refractivity contribution in [1.82, 2.24) is 0 Å². The Morgan fingerprint density at radius 2 is 1.60 bits per heavy atom. The van der Waals surface area contributed by atoms with Crippen LogP contribution < -0.4 is 0 Å². The van der Waals surface area contributed by atoms with E-state index in [1.54, 1.807) is 12.1 Å². The highest BCUT2D eigenvalue weighted by molar-refractivity contribution is 5.31. The third-order valence-electron chi connectivity index (χ3n) is 6.38. The molecule has 0 spiro atoms. The number of rotatable bonds is 7. The highest BCUT2D eigenvalue weighted by Crippen LogP contribution is 2.38. The van der Waals surface area contributed by atoms with Crippen LogP contribution in [0.3, 0.4) is 0 Å². The lowest BCUT2D eigenvalue weighted by atomic mass is 9.77. The van der Waals surface area contributed by atoms with E-state index in [-0.39, 0.29) is 18.7 Å². The van der Waals surface area contributed by atoms with Gasteiger partial charge in [0.05, 0.1) is 5.56 Å². The van der Waals surface area contributed by atoms with Crippen molar-refractivity contribution in [1.29, 1.82) is 0 Å². The third-order valence-corrected chi connectivity index (χ3v) is 6.38. The largest absolute Gasteiger partial charge is 0.419 e. The van der Waals surface area contributed by atoms with Gasteiger partial charge in [-0.05, 0) is 85.3 Å². The van der Waals surface area contributed by atoms with Gasteiger partial charge in [0.25, 0.3) is 0 Å². The Bertz CT molecular complexity index is 832. The van der Waals surface area contributed by atoms with E-state index in [9.17, 15) is 22.0 Å². The number of hydrogen-bond acceptors (Lipinski definition) is 0. The van der Waals surface area contributed by atoms with Gasteiger partial charge in [0.2, 0.25) is 0 Å². The fourth-order valence-corrected chi connectivity index (χ4v) is 4.52. The van der Waals surface area contributed by atoms with Crippen LogP contribution in [0, 0.1) is 17.6 Å². The quantitative estimate of drug-likeness (QED) is 0.393. The van der Waals surface area contributed by atoms with E-state index in [1.165, 1.54) is 38.2 Å². The molecule has 1 aliphatic rings. The molecule has 3 rings (SSSR count). The smallest absolute Gasteiger partial charge is 0.207 e. The van der Waals surface area contributed by atoms with Gasteiger partial charge in [-0.25, -0.2) is 8.78 Å². The van der Waals surface area contributed by atoms with Gasteiger partial charge in [-0.1, -0.05) is 44.4 Å². The summed E-state index contributed by atoms with van der Waals surface area (Å²) in [5, 5.41) is 0. The zero-order valence-electron chi connectivity index (χ0n) is 17.4. The number of unbranched alkanes of at least 4 members (excludes halogenated alkanes) is 1. The van der Waals surface area contributed by atoms with Crippen molar-refractivity contribution in [2.45, 2.75) is 76.8 Å². The Morgan fingerprint density at radius 3 is 2.23 bits per heavy atom. The maximum absolute atomic E-state index is 14.6. The van der Waals surface area contributed by atoms with Gasteiger partial charge < -0.3 is 0 Å². The molecule has 0 aliphatic heterocycles. The van der Waals surface area contributed by atoms with Crippen molar-refractivity contribution in [2.75, 3.05) is 0 Å². The van der Waals surface area contributed by atoms with Crippen LogP contribution in [0.4, 0.5) is 22.0 Å². The zero-order valence-corrected chi connectivity index (χ0v) is 17.4. The molecule has 0 unspecified atom stereocenters. The molecule has 0 nitrogen and oxygen atoms in total. The van der Waals surface area contributed by atoms with E-state index in [4.69, 9.17) is 0 Å². The second-order valence-electron chi connectivity index (χ2n) is 8.52. The van der Waals surface area contributed by atoms with Gasteiger partial charge in [0, 0.05) is 0 Å². The third kappa shape index (κ3) is 5.83. The molecule has 0 radical (unpaired) electrons. The molecule has 0 amide bonds. The zero-order chi connectivity index (χ0) is 21.7. The van der Waals surface area contributed by atoms with Crippen molar-refractivity contribution in [3.05, 3.63) is 70.3 Å². The minimum absolute atomic E-state index is 0.224. The summed E-state index contributed by atoms with van der Waals surface area (Å²) in [6.45, 7) is 2.21. The minimum Gasteiger partial charge on any atom is -0.207 e. The average Bonchev–Trinajstić information content (AvgIpc) is 2.72. The van der Waals surface area contributed by atoms with Crippen LogP contribution >= 0.6 is 0 Å². The molecule has 0 N–H and O–H groups in total. The second kappa shape index (κ2) is 9.93. The van der Waals surface area contributed by atoms with E-state index < -0.39 is 17.6 Å². The molecule has 0 bridgehead atoms. The van der Waals surface area contributed by atoms with E-state index >= 15 is 0 Å². The maximum Gasteiger partial charge on any atom is 0.419 e. The molecule has 164 valence electrons. The van der Waals surface area contributed by atoms with Gasteiger partial charge in [-0.2, -0.15) is 13.2 Å². The minimum atomic E-state index is -4.73. The number of halogens is 5. The first-order valence-corrected chi connectivity index (χ1v) is 10.9. The molecule has 5 heteroatoms. The SMILES string of the molecule is CCCCC1CCC(c2ccc(CCc3ccc(F)c(C(F)(F)F)c3)c(F)c2)CC1. The first kappa shape index (κ1) is 22.8. The van der Waals surface area contributed by atoms with Gasteiger partial charge in [-0.3, -0.25) is 0 Å². The molecule has 2 aromatic carbocycles. The Kier molecular flexibility index (Phi) is 7.54. The predicted octanol–water partition coefficient (Wildman–Crippen LogP) is 8.23. The van der Waals surface area contributed by atoms with Gasteiger partial charge in [0.15, 0.2) is 0 Å². The molecule has 1 saturated carbocycles. The van der Waals surface area contributed by atoms with Crippen LogP contribution in [-0.2, 0) is 19.0 Å². The summed E-state index contributed by atoms with van der Waals surface area (Å²) >= 11 is 0. The monoisotopic (exact) mass is 424 g/mol. The van der Waals surface area contributed by atoms with Crippen LogP contribution in [-0.4, -0.2) is 0 Å². The van der Waals surface area contributed by atoms with Gasteiger partial charge in [0.1, 0.15) is 11.6 Å². The number of benzene rings is 2. The molecular weight excluding hydrogens is 395 g/mol. The second-order valence-corrected chi connectivity index (χ2v) is 8.52. The fourth-order valence-electron chi connectivity index (χ4n) is 4.52. The van der Waals surface area contributed by atoms with Crippen LogP contribution in [0.1, 0.15) is 80.0 Å². The lowest BCUT2D eigenvalue weighted by Crippen LogP contribution is -2.13. The van der Waals surface area contributed by atoms with Crippen LogP contribution in [0.2, 0.25) is 0 Å². The summed E-state index contributed by atoms with van der Waals surface area (Å²) in [4.78, 5) is 0. The van der Waals surface area contributed by atoms with Gasteiger partial charge in [-0.15, -0.1) is 0 Å². The maximum atomic E-state index is 14.6. The Morgan fingerprint density at radius 1 is 0.867 bits per heavy atom. The molecular formula is C25H29F5. The van der Waals surface area contributed by atoms with E-state index in [2.05, 4.69) is 6.92 Å². The summed E-state index contributed by atoms with van der Waals surface area (Å²) in [6, 6.07) is 8.28. The summed E-state index contributed by atoms with van der Waals surface area (Å²) in [5.41, 5.74) is 0.572. The van der Waals surface area contributed by atoms with Crippen LogP contribution in [0.5, 0.6) is 0 Å². The van der Waals surface area contributed by atoms with Crippen molar-refractivity contribution in [3.8, 4) is 0 Å².